The number of hydrogen-bond donors (Lipinski definition) is 2. The number of hydrogen-bond acceptors (Lipinski definition) is 2. The van der Waals surface area contributed by atoms with Gasteiger partial charge in [-0.15, -0.1) is 0 Å². The summed E-state index contributed by atoms with van der Waals surface area (Å²) in [5.41, 5.74) is 5.44. The maximum absolute atomic E-state index is 5.44. The Morgan fingerprint density at radius 2 is 2.00 bits per heavy atom. The monoisotopic (exact) mass is 128 g/mol. The summed E-state index contributed by atoms with van der Waals surface area (Å²) in [4.78, 5) is 0. The minimum atomic E-state index is 0.866. The fourth-order valence-corrected chi connectivity index (χ4v) is 1.41. The van der Waals surface area contributed by atoms with Crippen molar-refractivity contribution in [2.45, 2.75) is 19.3 Å². The maximum atomic E-state index is 5.44. The van der Waals surface area contributed by atoms with E-state index >= 15 is 0 Å². The molecule has 0 amide bonds. The number of nitrogens with one attached hydrogen (secondary N) is 1. The van der Waals surface area contributed by atoms with Crippen molar-refractivity contribution in [3.8, 4) is 0 Å². The summed E-state index contributed by atoms with van der Waals surface area (Å²) in [5.74, 6) is 0.913. The van der Waals surface area contributed by atoms with Crippen LogP contribution in [0.1, 0.15) is 19.3 Å². The standard InChI is InChI=1S/C7H16N2/c8-4-1-7-2-5-9-6-3-7/h7,9H,1-6,8H2. The third kappa shape index (κ3) is 2.33. The zero-order valence-corrected chi connectivity index (χ0v) is 5.90. The quantitative estimate of drug-likeness (QED) is 0.562. The van der Waals surface area contributed by atoms with Crippen molar-refractivity contribution in [2.75, 3.05) is 19.6 Å². The lowest BCUT2D eigenvalue weighted by atomic mass is 9.95. The Bertz CT molecular complexity index is 64.6. The summed E-state index contributed by atoms with van der Waals surface area (Å²) in [5, 5.41) is 3.33. The van der Waals surface area contributed by atoms with Crippen LogP contribution in [0.25, 0.3) is 0 Å². The van der Waals surface area contributed by atoms with Gasteiger partial charge in [0.05, 0.1) is 0 Å². The van der Waals surface area contributed by atoms with E-state index in [1.54, 1.807) is 0 Å². The highest BCUT2D eigenvalue weighted by atomic mass is 14.9. The van der Waals surface area contributed by atoms with Crippen molar-refractivity contribution < 1.29 is 0 Å². The van der Waals surface area contributed by atoms with Crippen LogP contribution in [0.2, 0.25) is 0 Å². The van der Waals surface area contributed by atoms with Gasteiger partial charge in [-0.05, 0) is 44.8 Å². The Labute approximate surface area is 56.8 Å². The van der Waals surface area contributed by atoms with Gasteiger partial charge in [-0.1, -0.05) is 0 Å². The molecule has 54 valence electrons. The first-order valence-corrected chi connectivity index (χ1v) is 3.84. The van der Waals surface area contributed by atoms with Gasteiger partial charge in [0.2, 0.25) is 0 Å². The van der Waals surface area contributed by atoms with Crippen LogP contribution in [0.15, 0.2) is 0 Å². The molecule has 0 bridgehead atoms. The van der Waals surface area contributed by atoms with Crippen molar-refractivity contribution in [3.63, 3.8) is 0 Å². The van der Waals surface area contributed by atoms with Crippen molar-refractivity contribution in [2.24, 2.45) is 11.7 Å². The average Bonchev–Trinajstić information content (AvgIpc) is 1.91. The highest BCUT2D eigenvalue weighted by Crippen LogP contribution is 2.13. The molecule has 1 fully saturated rings. The molecular formula is C7H16N2. The third-order valence-electron chi connectivity index (χ3n) is 2.03. The topological polar surface area (TPSA) is 38.0 Å². The first kappa shape index (κ1) is 7.03. The lowest BCUT2D eigenvalue weighted by Gasteiger charge is -2.21. The van der Waals surface area contributed by atoms with Crippen molar-refractivity contribution in [1.82, 2.24) is 5.32 Å². The molecule has 1 aliphatic heterocycles. The van der Waals surface area contributed by atoms with E-state index in [4.69, 9.17) is 5.73 Å². The predicted molar refractivity (Wildman–Crippen MR) is 39.3 cm³/mol. The minimum Gasteiger partial charge on any atom is -0.330 e. The third-order valence-corrected chi connectivity index (χ3v) is 2.03. The number of rotatable bonds is 2. The highest BCUT2D eigenvalue weighted by Gasteiger charge is 2.10. The second kappa shape index (κ2) is 3.85. The Morgan fingerprint density at radius 3 is 2.56 bits per heavy atom. The van der Waals surface area contributed by atoms with Crippen LogP contribution in [0, 0.1) is 5.92 Å². The molecule has 1 aliphatic rings. The Morgan fingerprint density at radius 1 is 1.33 bits per heavy atom. The van der Waals surface area contributed by atoms with Crippen LogP contribution >= 0.6 is 0 Å². The van der Waals surface area contributed by atoms with E-state index in [1.165, 1.54) is 32.4 Å². The van der Waals surface area contributed by atoms with Gasteiger partial charge in [0, 0.05) is 0 Å². The summed E-state index contributed by atoms with van der Waals surface area (Å²) in [6.07, 6.45) is 3.88. The summed E-state index contributed by atoms with van der Waals surface area (Å²) in [7, 11) is 0. The number of nitrogens with two attached hydrogens (primary N) is 1. The molecule has 0 aromatic rings. The molecule has 0 aromatic carbocycles. The normalized spacial score (nSPS) is 22.3. The zero-order chi connectivity index (χ0) is 6.53. The van der Waals surface area contributed by atoms with Gasteiger partial charge in [0.25, 0.3) is 0 Å². The minimum absolute atomic E-state index is 0.866. The summed E-state index contributed by atoms with van der Waals surface area (Å²) in [6.45, 7) is 3.26. The molecule has 0 atom stereocenters. The van der Waals surface area contributed by atoms with Gasteiger partial charge in [-0.3, -0.25) is 0 Å². The molecule has 2 heteroatoms. The Kier molecular flexibility index (Phi) is 3.01. The maximum Gasteiger partial charge on any atom is -0.00463 e. The SMILES string of the molecule is NCCC1CCNCC1. The molecule has 0 saturated carbocycles. The van der Waals surface area contributed by atoms with E-state index in [2.05, 4.69) is 5.32 Å². The first-order chi connectivity index (χ1) is 4.43. The lowest BCUT2D eigenvalue weighted by Crippen LogP contribution is -2.28. The molecule has 1 heterocycles. The molecule has 0 spiro atoms. The smallest absolute Gasteiger partial charge is 0.00463 e. The molecule has 9 heavy (non-hydrogen) atoms. The van der Waals surface area contributed by atoms with Crippen LogP contribution in [0.5, 0.6) is 0 Å². The fraction of sp³-hybridized carbons (Fsp3) is 1.00. The van der Waals surface area contributed by atoms with Gasteiger partial charge in [-0.2, -0.15) is 0 Å². The van der Waals surface area contributed by atoms with Crippen LogP contribution in [0.3, 0.4) is 0 Å². The predicted octanol–water partition coefficient (Wildman–Crippen LogP) is 0.335. The molecule has 0 aromatic heterocycles. The molecule has 0 aliphatic carbocycles. The summed E-state index contributed by atoms with van der Waals surface area (Å²) >= 11 is 0. The van der Waals surface area contributed by atoms with Crippen molar-refractivity contribution in [1.29, 1.82) is 0 Å². The van der Waals surface area contributed by atoms with Gasteiger partial charge < -0.3 is 11.1 Å². The highest BCUT2D eigenvalue weighted by molar-refractivity contribution is 4.68. The van der Waals surface area contributed by atoms with E-state index in [1.807, 2.05) is 0 Å². The lowest BCUT2D eigenvalue weighted by molar-refractivity contribution is 0.358. The van der Waals surface area contributed by atoms with Crippen molar-refractivity contribution in [3.05, 3.63) is 0 Å². The molecule has 0 unspecified atom stereocenters. The first-order valence-electron chi connectivity index (χ1n) is 3.84. The second-order valence-corrected chi connectivity index (χ2v) is 2.77. The summed E-state index contributed by atoms with van der Waals surface area (Å²) in [6, 6.07) is 0. The molecule has 1 rings (SSSR count). The molecule has 0 radical (unpaired) electrons. The molecule has 3 N–H and O–H groups in total. The number of piperidine rings is 1. The van der Waals surface area contributed by atoms with Gasteiger partial charge in [0.15, 0.2) is 0 Å². The van der Waals surface area contributed by atoms with Crippen molar-refractivity contribution >= 4 is 0 Å². The van der Waals surface area contributed by atoms with Gasteiger partial charge >= 0.3 is 0 Å². The van der Waals surface area contributed by atoms with Crippen LogP contribution in [-0.4, -0.2) is 19.6 Å². The van der Waals surface area contributed by atoms with E-state index in [9.17, 15) is 0 Å². The Balaban J connectivity index is 2.08. The molecular weight excluding hydrogens is 112 g/mol. The Hall–Kier alpha value is -0.0800. The largest absolute Gasteiger partial charge is 0.330 e. The fourth-order valence-electron chi connectivity index (χ4n) is 1.41. The van der Waals surface area contributed by atoms with Gasteiger partial charge in [-0.25, -0.2) is 0 Å². The zero-order valence-electron chi connectivity index (χ0n) is 5.90. The van der Waals surface area contributed by atoms with Crippen LogP contribution in [-0.2, 0) is 0 Å². The second-order valence-electron chi connectivity index (χ2n) is 2.77. The van der Waals surface area contributed by atoms with Crippen LogP contribution < -0.4 is 11.1 Å². The van der Waals surface area contributed by atoms with E-state index < -0.39 is 0 Å². The van der Waals surface area contributed by atoms with Crippen LogP contribution in [0.4, 0.5) is 0 Å². The molecule has 1 saturated heterocycles. The summed E-state index contributed by atoms with van der Waals surface area (Å²) < 4.78 is 0. The van der Waals surface area contributed by atoms with E-state index in [0.29, 0.717) is 0 Å². The van der Waals surface area contributed by atoms with E-state index in [0.717, 1.165) is 12.5 Å². The van der Waals surface area contributed by atoms with E-state index in [-0.39, 0.29) is 0 Å². The van der Waals surface area contributed by atoms with Gasteiger partial charge in [0.1, 0.15) is 0 Å². The average molecular weight is 128 g/mol. The molecule has 2 nitrogen and oxygen atoms in total.